The summed E-state index contributed by atoms with van der Waals surface area (Å²) in [6.45, 7) is 5.22. The minimum atomic E-state index is -0.736. The highest BCUT2D eigenvalue weighted by Crippen LogP contribution is 2.14. The van der Waals surface area contributed by atoms with E-state index in [9.17, 15) is 9.18 Å². The maximum absolute atomic E-state index is 13.0. The van der Waals surface area contributed by atoms with Crippen LogP contribution in [-0.4, -0.2) is 29.3 Å². The van der Waals surface area contributed by atoms with Crippen LogP contribution in [0.2, 0.25) is 0 Å². The molecular weight excluding hydrogens is 249 g/mol. The van der Waals surface area contributed by atoms with Crippen molar-refractivity contribution in [3.8, 4) is 5.75 Å². The fourth-order valence-corrected chi connectivity index (χ4v) is 1.58. The van der Waals surface area contributed by atoms with Crippen LogP contribution in [-0.2, 0) is 4.79 Å². The van der Waals surface area contributed by atoms with E-state index in [2.05, 4.69) is 5.32 Å². The largest absolute Gasteiger partial charge is 0.481 e. The highest BCUT2D eigenvalue weighted by atomic mass is 19.1. The van der Waals surface area contributed by atoms with Crippen LogP contribution in [0.15, 0.2) is 24.3 Å². The monoisotopic (exact) mass is 269 g/mol. The summed E-state index contributed by atoms with van der Waals surface area (Å²) >= 11 is 0. The molecular formula is C14H20FNO3. The lowest BCUT2D eigenvalue weighted by atomic mass is 10.0. The lowest BCUT2D eigenvalue weighted by molar-refractivity contribution is -0.129. The molecule has 19 heavy (non-hydrogen) atoms. The first-order valence-corrected chi connectivity index (χ1v) is 6.19. The van der Waals surface area contributed by atoms with Crippen molar-refractivity contribution in [3.63, 3.8) is 0 Å². The molecule has 1 atom stereocenters. The second kappa shape index (κ2) is 6.52. The zero-order valence-corrected chi connectivity index (χ0v) is 11.4. The summed E-state index contributed by atoms with van der Waals surface area (Å²) in [5.74, 6) is -0.406. The number of hydrogen-bond acceptors (Lipinski definition) is 3. The molecule has 0 fully saturated rings. The standard InChI is InChI=1S/C14H20FNO3/c1-10(13(18)16-14(2,3)7-8-17)19-12-6-4-5-11(15)9-12/h4-6,9-10,17H,7-8H2,1-3H3,(H,16,18). The fraction of sp³-hybridized carbons (Fsp3) is 0.500. The van der Waals surface area contributed by atoms with E-state index in [0.717, 1.165) is 0 Å². The maximum Gasteiger partial charge on any atom is 0.261 e. The average Bonchev–Trinajstić information content (AvgIpc) is 2.27. The van der Waals surface area contributed by atoms with Crippen LogP contribution in [0.25, 0.3) is 0 Å². The molecule has 1 rings (SSSR count). The van der Waals surface area contributed by atoms with Crippen molar-refractivity contribution in [1.82, 2.24) is 5.32 Å². The molecule has 1 amide bonds. The van der Waals surface area contributed by atoms with Gasteiger partial charge in [-0.1, -0.05) is 6.07 Å². The molecule has 106 valence electrons. The van der Waals surface area contributed by atoms with E-state index in [1.807, 2.05) is 13.8 Å². The van der Waals surface area contributed by atoms with E-state index >= 15 is 0 Å². The third kappa shape index (κ3) is 5.26. The molecule has 2 N–H and O–H groups in total. The number of amides is 1. The molecule has 0 aromatic heterocycles. The topological polar surface area (TPSA) is 58.6 Å². The van der Waals surface area contributed by atoms with Crippen LogP contribution in [0.5, 0.6) is 5.75 Å². The summed E-state index contributed by atoms with van der Waals surface area (Å²) in [7, 11) is 0. The summed E-state index contributed by atoms with van der Waals surface area (Å²) in [5, 5.41) is 11.7. The minimum Gasteiger partial charge on any atom is -0.481 e. The zero-order chi connectivity index (χ0) is 14.5. The molecule has 0 aliphatic carbocycles. The van der Waals surface area contributed by atoms with E-state index in [1.54, 1.807) is 13.0 Å². The Labute approximate surface area is 112 Å². The summed E-state index contributed by atoms with van der Waals surface area (Å²) in [6.07, 6.45) is -0.286. The number of rotatable bonds is 6. The van der Waals surface area contributed by atoms with Gasteiger partial charge >= 0.3 is 0 Å². The van der Waals surface area contributed by atoms with E-state index in [4.69, 9.17) is 9.84 Å². The first-order valence-electron chi connectivity index (χ1n) is 6.19. The number of ether oxygens (including phenoxy) is 1. The molecule has 4 nitrogen and oxygen atoms in total. The van der Waals surface area contributed by atoms with Crippen molar-refractivity contribution in [1.29, 1.82) is 0 Å². The summed E-state index contributed by atoms with van der Waals surface area (Å²) in [5.41, 5.74) is -0.509. The van der Waals surface area contributed by atoms with Crippen LogP contribution < -0.4 is 10.1 Å². The van der Waals surface area contributed by atoms with Crippen LogP contribution >= 0.6 is 0 Å². The van der Waals surface area contributed by atoms with Gasteiger partial charge < -0.3 is 15.2 Å². The molecule has 0 aliphatic rings. The van der Waals surface area contributed by atoms with Crippen LogP contribution in [0.1, 0.15) is 27.2 Å². The third-order valence-corrected chi connectivity index (χ3v) is 2.68. The van der Waals surface area contributed by atoms with Crippen molar-refractivity contribution >= 4 is 5.91 Å². The van der Waals surface area contributed by atoms with Gasteiger partial charge in [0.1, 0.15) is 11.6 Å². The van der Waals surface area contributed by atoms with E-state index in [0.29, 0.717) is 12.2 Å². The number of carbonyl (C=O) groups is 1. The predicted octanol–water partition coefficient (Wildman–Crippen LogP) is 1.87. The molecule has 1 aromatic carbocycles. The fourth-order valence-electron chi connectivity index (χ4n) is 1.58. The van der Waals surface area contributed by atoms with E-state index in [-0.39, 0.29) is 12.5 Å². The number of aliphatic hydroxyl groups excluding tert-OH is 1. The van der Waals surface area contributed by atoms with Gasteiger partial charge in [-0.05, 0) is 39.3 Å². The number of hydrogen-bond donors (Lipinski definition) is 2. The molecule has 0 heterocycles. The van der Waals surface area contributed by atoms with Gasteiger partial charge in [-0.2, -0.15) is 0 Å². The third-order valence-electron chi connectivity index (χ3n) is 2.68. The minimum absolute atomic E-state index is 0.00753. The Hall–Kier alpha value is -1.62. The second-order valence-corrected chi connectivity index (χ2v) is 5.06. The number of benzene rings is 1. The Kier molecular flexibility index (Phi) is 5.30. The molecule has 0 aliphatic heterocycles. The average molecular weight is 269 g/mol. The first-order chi connectivity index (χ1) is 8.84. The molecule has 5 heteroatoms. The Balaban J connectivity index is 2.58. The Morgan fingerprint density at radius 1 is 1.53 bits per heavy atom. The quantitative estimate of drug-likeness (QED) is 0.829. The smallest absolute Gasteiger partial charge is 0.261 e. The van der Waals surface area contributed by atoms with Gasteiger partial charge in [-0.15, -0.1) is 0 Å². The van der Waals surface area contributed by atoms with Gasteiger partial charge in [-0.3, -0.25) is 4.79 Å². The van der Waals surface area contributed by atoms with Gasteiger partial charge in [0.2, 0.25) is 0 Å². The first kappa shape index (κ1) is 15.4. The van der Waals surface area contributed by atoms with Crippen LogP contribution in [0.3, 0.4) is 0 Å². The van der Waals surface area contributed by atoms with Gasteiger partial charge in [0.05, 0.1) is 0 Å². The normalized spacial score (nSPS) is 12.9. The van der Waals surface area contributed by atoms with Gasteiger partial charge in [0.15, 0.2) is 6.10 Å². The molecule has 1 unspecified atom stereocenters. The van der Waals surface area contributed by atoms with Crippen molar-refractivity contribution in [2.45, 2.75) is 38.8 Å². The summed E-state index contributed by atoms with van der Waals surface area (Å²) in [4.78, 5) is 11.9. The van der Waals surface area contributed by atoms with Gasteiger partial charge in [0, 0.05) is 18.2 Å². The lowest BCUT2D eigenvalue weighted by Gasteiger charge is -2.27. The van der Waals surface area contributed by atoms with Crippen molar-refractivity contribution < 1.29 is 19.0 Å². The maximum atomic E-state index is 13.0. The van der Waals surface area contributed by atoms with E-state index < -0.39 is 17.5 Å². The highest BCUT2D eigenvalue weighted by Gasteiger charge is 2.24. The summed E-state index contributed by atoms with van der Waals surface area (Å²) < 4.78 is 18.3. The van der Waals surface area contributed by atoms with Crippen molar-refractivity contribution in [2.24, 2.45) is 0 Å². The number of nitrogens with one attached hydrogen (secondary N) is 1. The van der Waals surface area contributed by atoms with Crippen LogP contribution in [0.4, 0.5) is 4.39 Å². The number of carbonyl (C=O) groups excluding carboxylic acids is 1. The number of aliphatic hydroxyl groups is 1. The molecule has 0 saturated heterocycles. The highest BCUT2D eigenvalue weighted by molar-refractivity contribution is 5.81. The Morgan fingerprint density at radius 2 is 2.21 bits per heavy atom. The second-order valence-electron chi connectivity index (χ2n) is 5.06. The number of halogens is 1. The summed E-state index contributed by atoms with van der Waals surface area (Å²) in [6, 6.07) is 5.64. The van der Waals surface area contributed by atoms with Crippen molar-refractivity contribution in [2.75, 3.05) is 6.61 Å². The van der Waals surface area contributed by atoms with Crippen molar-refractivity contribution in [3.05, 3.63) is 30.1 Å². The van der Waals surface area contributed by atoms with Crippen LogP contribution in [0, 0.1) is 5.82 Å². The zero-order valence-electron chi connectivity index (χ0n) is 11.4. The molecule has 0 saturated carbocycles. The SMILES string of the molecule is CC(Oc1cccc(F)c1)C(=O)NC(C)(C)CCO. The van der Waals surface area contributed by atoms with E-state index in [1.165, 1.54) is 18.2 Å². The Morgan fingerprint density at radius 3 is 2.79 bits per heavy atom. The molecule has 0 spiro atoms. The predicted molar refractivity (Wildman–Crippen MR) is 70.4 cm³/mol. The lowest BCUT2D eigenvalue weighted by Crippen LogP contribution is -2.49. The molecule has 1 aromatic rings. The molecule has 0 radical (unpaired) electrons. The Bertz CT molecular complexity index is 434. The van der Waals surface area contributed by atoms with Gasteiger partial charge in [0.25, 0.3) is 5.91 Å². The van der Waals surface area contributed by atoms with Gasteiger partial charge in [-0.25, -0.2) is 4.39 Å². The molecule has 0 bridgehead atoms.